The molecule has 16 heavy (non-hydrogen) atoms. The number of urea groups is 1. The number of hydrogen-bond acceptors (Lipinski definition) is 2. The zero-order valence-electron chi connectivity index (χ0n) is 9.60. The molecule has 92 valence electrons. The highest BCUT2D eigenvalue weighted by Gasteiger charge is 2.04. The van der Waals surface area contributed by atoms with E-state index in [1.54, 1.807) is 0 Å². The molecule has 0 radical (unpaired) electrons. The highest BCUT2D eigenvalue weighted by Crippen LogP contribution is 1.95. The van der Waals surface area contributed by atoms with Crippen molar-refractivity contribution in [2.45, 2.75) is 26.3 Å². The molecule has 6 heteroatoms. The molecule has 0 aromatic rings. The van der Waals surface area contributed by atoms with Crippen LogP contribution >= 0.6 is 15.9 Å². The average molecular weight is 292 g/mol. The summed E-state index contributed by atoms with van der Waals surface area (Å²) in [6, 6.07) is -0.184. The van der Waals surface area contributed by atoms with Crippen LogP contribution in [0.25, 0.3) is 0 Å². The lowest BCUT2D eigenvalue weighted by Gasteiger charge is -2.09. The molecule has 0 rings (SSSR count). The van der Waals surface area contributed by atoms with Crippen molar-refractivity contribution in [2.24, 2.45) is 0 Å². The fraction of sp³-hybridized carbons (Fsp3) is 0.600. The van der Waals surface area contributed by atoms with Gasteiger partial charge in [-0.3, -0.25) is 4.79 Å². The number of carbonyl (C=O) groups excluding carboxylic acids is 2. The lowest BCUT2D eigenvalue weighted by Crippen LogP contribution is -2.39. The summed E-state index contributed by atoms with van der Waals surface area (Å²) in [7, 11) is 0. The molecule has 5 nitrogen and oxygen atoms in total. The molecule has 3 N–H and O–H groups in total. The Hall–Kier alpha value is -1.04. The normalized spacial score (nSPS) is 9.75. The molecule has 0 spiro atoms. The maximum absolute atomic E-state index is 11.2. The molecule has 0 saturated heterocycles. The van der Waals surface area contributed by atoms with Gasteiger partial charge in [-0.25, -0.2) is 4.79 Å². The zero-order valence-corrected chi connectivity index (χ0v) is 11.2. The second-order valence-electron chi connectivity index (χ2n) is 3.60. The standard InChI is InChI=1S/C10H18BrN3O2/c1-7(2)14-9(15)4-5-12-10(16)13-6-8(3)11/h7H,3-6H2,1-2H3,(H,14,15)(H2,12,13,16). The Morgan fingerprint density at radius 3 is 2.44 bits per heavy atom. The summed E-state index contributed by atoms with van der Waals surface area (Å²) >= 11 is 3.12. The van der Waals surface area contributed by atoms with Crippen LogP contribution in [-0.2, 0) is 4.79 Å². The van der Waals surface area contributed by atoms with Crippen molar-refractivity contribution >= 4 is 27.9 Å². The Labute approximate surface area is 104 Å². The molecule has 0 fully saturated rings. The first kappa shape index (κ1) is 15.0. The minimum Gasteiger partial charge on any atom is -0.354 e. The summed E-state index contributed by atoms with van der Waals surface area (Å²) in [4.78, 5) is 22.3. The SMILES string of the molecule is C=C(Br)CNC(=O)NCCC(=O)NC(C)C. The molecule has 0 aromatic heterocycles. The third kappa shape index (κ3) is 9.51. The quantitative estimate of drug-likeness (QED) is 0.686. The number of carbonyl (C=O) groups is 2. The van der Waals surface area contributed by atoms with E-state index in [9.17, 15) is 9.59 Å². The zero-order chi connectivity index (χ0) is 12.6. The molecular weight excluding hydrogens is 274 g/mol. The van der Waals surface area contributed by atoms with Crippen molar-refractivity contribution in [3.63, 3.8) is 0 Å². The molecule has 0 aliphatic heterocycles. The van der Waals surface area contributed by atoms with Gasteiger partial charge >= 0.3 is 6.03 Å². The van der Waals surface area contributed by atoms with Gasteiger partial charge in [-0.2, -0.15) is 0 Å². The van der Waals surface area contributed by atoms with Gasteiger partial charge in [-0.1, -0.05) is 22.5 Å². The summed E-state index contributed by atoms with van der Waals surface area (Å²) in [5, 5.41) is 7.87. The van der Waals surface area contributed by atoms with Crippen molar-refractivity contribution in [3.8, 4) is 0 Å². The predicted octanol–water partition coefficient (Wildman–Crippen LogP) is 1.11. The van der Waals surface area contributed by atoms with Crippen LogP contribution in [0.5, 0.6) is 0 Å². The van der Waals surface area contributed by atoms with Gasteiger partial charge in [0, 0.05) is 23.5 Å². The van der Waals surface area contributed by atoms with Crippen molar-refractivity contribution in [1.29, 1.82) is 0 Å². The third-order valence-corrected chi connectivity index (χ3v) is 1.81. The van der Waals surface area contributed by atoms with E-state index < -0.39 is 0 Å². The largest absolute Gasteiger partial charge is 0.354 e. The van der Waals surface area contributed by atoms with Crippen molar-refractivity contribution in [2.75, 3.05) is 13.1 Å². The van der Waals surface area contributed by atoms with Crippen LogP contribution in [0.3, 0.4) is 0 Å². The van der Waals surface area contributed by atoms with Crippen LogP contribution in [0.2, 0.25) is 0 Å². The smallest absolute Gasteiger partial charge is 0.315 e. The molecule has 0 saturated carbocycles. The Bertz CT molecular complexity index is 267. The number of nitrogens with one attached hydrogen (secondary N) is 3. The summed E-state index contributed by atoms with van der Waals surface area (Å²) in [5.41, 5.74) is 0. The molecule has 0 aliphatic rings. The second kappa shape index (κ2) is 8.15. The third-order valence-electron chi connectivity index (χ3n) is 1.53. The van der Waals surface area contributed by atoms with E-state index in [1.165, 1.54) is 0 Å². The molecule has 3 amide bonds. The molecule has 0 atom stereocenters. The number of rotatable bonds is 6. The van der Waals surface area contributed by atoms with Crippen LogP contribution in [0.15, 0.2) is 11.1 Å². The summed E-state index contributed by atoms with van der Waals surface area (Å²) in [6.07, 6.45) is 0.279. The maximum atomic E-state index is 11.2. The van der Waals surface area contributed by atoms with Crippen molar-refractivity contribution in [3.05, 3.63) is 11.1 Å². The summed E-state index contributed by atoms with van der Waals surface area (Å²) in [6.45, 7) is 8.04. The minimum atomic E-state index is -0.307. The number of amides is 3. The molecular formula is C10H18BrN3O2. The van der Waals surface area contributed by atoms with Crippen LogP contribution in [0.1, 0.15) is 20.3 Å². The van der Waals surface area contributed by atoms with Gasteiger partial charge in [0.05, 0.1) is 6.54 Å². The van der Waals surface area contributed by atoms with Gasteiger partial charge in [0.25, 0.3) is 0 Å². The fourth-order valence-electron chi connectivity index (χ4n) is 0.922. The van der Waals surface area contributed by atoms with Crippen LogP contribution in [0, 0.1) is 0 Å². The first-order chi connectivity index (χ1) is 7.41. The van der Waals surface area contributed by atoms with Gasteiger partial charge in [-0.15, -0.1) is 0 Å². The molecule has 0 bridgehead atoms. The monoisotopic (exact) mass is 291 g/mol. The Balaban J connectivity index is 3.54. The summed E-state index contributed by atoms with van der Waals surface area (Å²) < 4.78 is 0.695. The second-order valence-corrected chi connectivity index (χ2v) is 4.72. The van der Waals surface area contributed by atoms with Crippen LogP contribution < -0.4 is 16.0 Å². The number of hydrogen-bond donors (Lipinski definition) is 3. The highest BCUT2D eigenvalue weighted by atomic mass is 79.9. The lowest BCUT2D eigenvalue weighted by atomic mass is 10.3. The maximum Gasteiger partial charge on any atom is 0.315 e. The Morgan fingerprint density at radius 1 is 1.31 bits per heavy atom. The van der Waals surface area contributed by atoms with E-state index in [2.05, 4.69) is 38.5 Å². The Kier molecular flexibility index (Phi) is 7.62. The molecule has 0 unspecified atom stereocenters. The Morgan fingerprint density at radius 2 is 1.94 bits per heavy atom. The fourth-order valence-corrected chi connectivity index (χ4v) is 1.06. The first-order valence-electron chi connectivity index (χ1n) is 5.06. The van der Waals surface area contributed by atoms with E-state index in [4.69, 9.17) is 0 Å². The van der Waals surface area contributed by atoms with Gasteiger partial charge < -0.3 is 16.0 Å². The van der Waals surface area contributed by atoms with E-state index in [-0.39, 0.29) is 24.4 Å². The lowest BCUT2D eigenvalue weighted by molar-refractivity contribution is -0.121. The highest BCUT2D eigenvalue weighted by molar-refractivity contribution is 9.11. The number of halogens is 1. The van der Waals surface area contributed by atoms with Crippen molar-refractivity contribution < 1.29 is 9.59 Å². The average Bonchev–Trinajstić information content (AvgIpc) is 2.13. The van der Waals surface area contributed by atoms with E-state index >= 15 is 0 Å². The van der Waals surface area contributed by atoms with Crippen molar-refractivity contribution in [1.82, 2.24) is 16.0 Å². The topological polar surface area (TPSA) is 70.2 Å². The molecule has 0 aliphatic carbocycles. The first-order valence-corrected chi connectivity index (χ1v) is 5.85. The van der Waals surface area contributed by atoms with Crippen LogP contribution in [0.4, 0.5) is 4.79 Å². The van der Waals surface area contributed by atoms with Gasteiger partial charge in [-0.05, 0) is 13.8 Å². The van der Waals surface area contributed by atoms with Gasteiger partial charge in [0.15, 0.2) is 0 Å². The van der Waals surface area contributed by atoms with E-state index in [1.807, 2.05) is 13.8 Å². The predicted molar refractivity (Wildman–Crippen MR) is 67.4 cm³/mol. The molecule has 0 aromatic carbocycles. The molecule has 0 heterocycles. The van der Waals surface area contributed by atoms with E-state index in [0.717, 1.165) is 0 Å². The minimum absolute atomic E-state index is 0.0693. The van der Waals surface area contributed by atoms with Gasteiger partial charge in [0.1, 0.15) is 0 Å². The van der Waals surface area contributed by atoms with Crippen LogP contribution in [-0.4, -0.2) is 31.1 Å². The summed E-state index contributed by atoms with van der Waals surface area (Å²) in [5.74, 6) is -0.0693. The van der Waals surface area contributed by atoms with E-state index in [0.29, 0.717) is 17.6 Å². The van der Waals surface area contributed by atoms with Gasteiger partial charge in [0.2, 0.25) is 5.91 Å².